The maximum Gasteiger partial charge on any atom is 0.249 e. The van der Waals surface area contributed by atoms with Crippen LogP contribution in [0.5, 0.6) is 0 Å². The van der Waals surface area contributed by atoms with E-state index in [1.165, 1.54) is 0 Å². The molecule has 0 saturated heterocycles. The highest BCUT2D eigenvalue weighted by molar-refractivity contribution is 6.06. The lowest BCUT2D eigenvalue weighted by Crippen LogP contribution is -2.10. The Bertz CT molecular complexity index is 718. The van der Waals surface area contributed by atoms with Gasteiger partial charge in [0.15, 0.2) is 0 Å². The van der Waals surface area contributed by atoms with Crippen molar-refractivity contribution in [3.8, 4) is 11.3 Å². The number of carbonyl (C=O) groups is 1. The summed E-state index contributed by atoms with van der Waals surface area (Å²) < 4.78 is 0. The van der Waals surface area contributed by atoms with Crippen molar-refractivity contribution in [1.82, 2.24) is 15.2 Å². The summed E-state index contributed by atoms with van der Waals surface area (Å²) in [5, 5.41) is 8.38. The van der Waals surface area contributed by atoms with E-state index in [2.05, 4.69) is 15.2 Å². The Hall–Kier alpha value is -2.69. The molecule has 1 amide bonds. The first kappa shape index (κ1) is 10.5. The van der Waals surface area contributed by atoms with Gasteiger partial charge >= 0.3 is 0 Å². The zero-order chi connectivity index (χ0) is 12.5. The van der Waals surface area contributed by atoms with Crippen LogP contribution in [0, 0.1) is 0 Å². The quantitative estimate of drug-likeness (QED) is 0.712. The maximum atomic E-state index is 11.3. The van der Waals surface area contributed by atoms with Crippen molar-refractivity contribution in [2.75, 3.05) is 0 Å². The summed E-state index contributed by atoms with van der Waals surface area (Å²) in [7, 11) is 0. The van der Waals surface area contributed by atoms with Crippen LogP contribution in [0.1, 0.15) is 10.4 Å². The Morgan fingerprint density at radius 2 is 2.11 bits per heavy atom. The molecule has 1 aromatic carbocycles. The Labute approximate surface area is 103 Å². The average molecular weight is 238 g/mol. The summed E-state index contributed by atoms with van der Waals surface area (Å²) in [4.78, 5) is 14.6. The second kappa shape index (κ2) is 3.96. The predicted octanol–water partition coefficient (Wildman–Crippen LogP) is 1.72. The molecular formula is C13H10N4O. The van der Waals surface area contributed by atoms with E-state index >= 15 is 0 Å². The van der Waals surface area contributed by atoms with Gasteiger partial charge in [-0.1, -0.05) is 6.07 Å². The zero-order valence-corrected chi connectivity index (χ0v) is 9.42. The normalized spacial score (nSPS) is 10.7. The van der Waals surface area contributed by atoms with E-state index in [0.29, 0.717) is 5.56 Å². The van der Waals surface area contributed by atoms with Crippen LogP contribution in [0.3, 0.4) is 0 Å². The molecule has 0 aliphatic carbocycles. The number of aromatic amines is 1. The van der Waals surface area contributed by atoms with Crippen LogP contribution in [0.2, 0.25) is 0 Å². The highest BCUT2D eigenvalue weighted by Crippen LogP contribution is 2.25. The van der Waals surface area contributed by atoms with Gasteiger partial charge in [-0.05, 0) is 24.3 Å². The number of H-pyrrole nitrogens is 1. The molecule has 5 heteroatoms. The van der Waals surface area contributed by atoms with E-state index < -0.39 is 5.91 Å². The van der Waals surface area contributed by atoms with Crippen molar-refractivity contribution in [3.63, 3.8) is 0 Å². The standard InChI is InChI=1S/C13H10N4O/c14-13(18)9-2-1-3-11-10(9)6-12(17-11)8-4-5-15-16-7-8/h1-7,17H,(H2,14,18). The van der Waals surface area contributed by atoms with E-state index in [9.17, 15) is 4.79 Å². The topological polar surface area (TPSA) is 84.7 Å². The lowest BCUT2D eigenvalue weighted by atomic mass is 10.1. The summed E-state index contributed by atoms with van der Waals surface area (Å²) in [5.74, 6) is -0.431. The molecule has 2 aromatic heterocycles. The van der Waals surface area contributed by atoms with Gasteiger partial charge in [0.1, 0.15) is 0 Å². The minimum atomic E-state index is -0.431. The monoisotopic (exact) mass is 238 g/mol. The number of hydrogen-bond donors (Lipinski definition) is 2. The number of nitrogens with two attached hydrogens (primary N) is 1. The van der Waals surface area contributed by atoms with Gasteiger partial charge in [-0.15, -0.1) is 0 Å². The molecular weight excluding hydrogens is 228 g/mol. The third-order valence-corrected chi connectivity index (χ3v) is 2.82. The third-order valence-electron chi connectivity index (χ3n) is 2.82. The van der Waals surface area contributed by atoms with Gasteiger partial charge in [0.25, 0.3) is 0 Å². The van der Waals surface area contributed by atoms with E-state index in [0.717, 1.165) is 22.2 Å². The molecule has 5 nitrogen and oxygen atoms in total. The van der Waals surface area contributed by atoms with Crippen molar-refractivity contribution >= 4 is 16.8 Å². The molecule has 0 saturated carbocycles. The lowest BCUT2D eigenvalue weighted by Gasteiger charge is -1.95. The van der Waals surface area contributed by atoms with Crippen LogP contribution in [-0.2, 0) is 0 Å². The van der Waals surface area contributed by atoms with Crippen LogP contribution < -0.4 is 5.73 Å². The highest BCUT2D eigenvalue weighted by Gasteiger charge is 2.10. The van der Waals surface area contributed by atoms with Crippen LogP contribution in [-0.4, -0.2) is 21.1 Å². The second-order valence-electron chi connectivity index (χ2n) is 3.95. The minimum Gasteiger partial charge on any atom is -0.366 e. The van der Waals surface area contributed by atoms with Crippen LogP contribution in [0.15, 0.2) is 42.7 Å². The first-order chi connectivity index (χ1) is 8.75. The predicted molar refractivity (Wildman–Crippen MR) is 67.8 cm³/mol. The fourth-order valence-corrected chi connectivity index (χ4v) is 1.98. The van der Waals surface area contributed by atoms with Gasteiger partial charge < -0.3 is 10.7 Å². The largest absolute Gasteiger partial charge is 0.366 e. The van der Waals surface area contributed by atoms with Gasteiger partial charge in [0.05, 0.1) is 12.4 Å². The number of hydrogen-bond acceptors (Lipinski definition) is 3. The SMILES string of the molecule is NC(=O)c1cccc2[nH]c(-c3ccnnc3)cc12. The number of fused-ring (bicyclic) bond motifs is 1. The molecule has 88 valence electrons. The first-order valence-corrected chi connectivity index (χ1v) is 5.44. The molecule has 0 fully saturated rings. The molecule has 0 bridgehead atoms. The Kier molecular flexibility index (Phi) is 2.30. The average Bonchev–Trinajstić information content (AvgIpc) is 2.83. The molecule has 2 heterocycles. The zero-order valence-electron chi connectivity index (χ0n) is 9.42. The second-order valence-corrected chi connectivity index (χ2v) is 3.95. The molecule has 3 aromatic rings. The number of nitrogens with zero attached hydrogens (tertiary/aromatic N) is 2. The smallest absolute Gasteiger partial charge is 0.249 e. The Balaban J connectivity index is 2.23. The molecule has 3 rings (SSSR count). The molecule has 0 unspecified atom stereocenters. The van der Waals surface area contributed by atoms with Gasteiger partial charge in [-0.25, -0.2) is 0 Å². The molecule has 3 N–H and O–H groups in total. The summed E-state index contributed by atoms with van der Waals surface area (Å²) in [6.07, 6.45) is 3.28. The first-order valence-electron chi connectivity index (χ1n) is 5.44. The van der Waals surface area contributed by atoms with E-state index in [1.807, 2.05) is 18.2 Å². The summed E-state index contributed by atoms with van der Waals surface area (Å²) in [5.41, 5.74) is 8.53. The molecule has 0 radical (unpaired) electrons. The van der Waals surface area contributed by atoms with Crippen molar-refractivity contribution < 1.29 is 4.79 Å². The van der Waals surface area contributed by atoms with Gasteiger partial charge in [-0.2, -0.15) is 10.2 Å². The minimum absolute atomic E-state index is 0.431. The number of primary amides is 1. The van der Waals surface area contributed by atoms with Crippen molar-refractivity contribution in [2.24, 2.45) is 5.73 Å². The molecule has 0 spiro atoms. The summed E-state index contributed by atoms with van der Waals surface area (Å²) >= 11 is 0. The third kappa shape index (κ3) is 1.62. The fraction of sp³-hybridized carbons (Fsp3) is 0. The van der Waals surface area contributed by atoms with Crippen LogP contribution in [0.4, 0.5) is 0 Å². The van der Waals surface area contributed by atoms with Crippen LogP contribution in [0.25, 0.3) is 22.2 Å². The van der Waals surface area contributed by atoms with Gasteiger partial charge in [-0.3, -0.25) is 4.79 Å². The van der Waals surface area contributed by atoms with E-state index in [1.54, 1.807) is 24.5 Å². The number of aromatic nitrogens is 3. The van der Waals surface area contributed by atoms with Crippen molar-refractivity contribution in [2.45, 2.75) is 0 Å². The molecule has 0 aliphatic rings. The number of rotatable bonds is 2. The van der Waals surface area contributed by atoms with Gasteiger partial charge in [0, 0.05) is 27.7 Å². The van der Waals surface area contributed by atoms with Crippen LogP contribution >= 0.6 is 0 Å². The molecule has 0 atom stereocenters. The number of amides is 1. The maximum absolute atomic E-state index is 11.3. The van der Waals surface area contributed by atoms with Gasteiger partial charge in [0.2, 0.25) is 5.91 Å². The fourth-order valence-electron chi connectivity index (χ4n) is 1.98. The number of benzene rings is 1. The number of nitrogens with one attached hydrogen (secondary N) is 1. The van der Waals surface area contributed by atoms with Crippen molar-refractivity contribution in [1.29, 1.82) is 0 Å². The Morgan fingerprint density at radius 3 is 2.83 bits per heavy atom. The van der Waals surface area contributed by atoms with E-state index in [-0.39, 0.29) is 0 Å². The van der Waals surface area contributed by atoms with Crippen molar-refractivity contribution in [3.05, 3.63) is 48.3 Å². The molecule has 18 heavy (non-hydrogen) atoms. The van der Waals surface area contributed by atoms with E-state index in [4.69, 9.17) is 5.73 Å². The highest BCUT2D eigenvalue weighted by atomic mass is 16.1. The molecule has 0 aliphatic heterocycles. The Morgan fingerprint density at radius 1 is 1.22 bits per heavy atom. The number of carbonyl (C=O) groups excluding carboxylic acids is 1. The lowest BCUT2D eigenvalue weighted by molar-refractivity contribution is 0.100. The summed E-state index contributed by atoms with van der Waals surface area (Å²) in [6, 6.07) is 9.16. The summed E-state index contributed by atoms with van der Waals surface area (Å²) in [6.45, 7) is 0.